The molecule has 0 saturated heterocycles. The summed E-state index contributed by atoms with van der Waals surface area (Å²) in [7, 11) is 0. The van der Waals surface area contributed by atoms with Gasteiger partial charge in [-0.05, 0) is 26.0 Å². The quantitative estimate of drug-likeness (QED) is 0.310. The van der Waals surface area contributed by atoms with Crippen molar-refractivity contribution < 1.29 is 0 Å². The number of nitrogens with zero attached hydrogens (tertiary/aromatic N) is 1. The van der Waals surface area contributed by atoms with E-state index in [-0.39, 0.29) is 5.37 Å². The van der Waals surface area contributed by atoms with Crippen LogP contribution in [0.25, 0.3) is 0 Å². The van der Waals surface area contributed by atoms with Crippen LogP contribution in [0.2, 0.25) is 0 Å². The van der Waals surface area contributed by atoms with Crippen molar-refractivity contribution in [3.05, 3.63) is 24.3 Å². The highest BCUT2D eigenvalue weighted by atomic mass is 32.1. The van der Waals surface area contributed by atoms with Gasteiger partial charge >= 0.3 is 0 Å². The van der Waals surface area contributed by atoms with Gasteiger partial charge in [-0.25, -0.2) is 4.99 Å². The monoisotopic (exact) mass is 209 g/mol. The van der Waals surface area contributed by atoms with E-state index >= 15 is 0 Å². The predicted octanol–water partition coefficient (Wildman–Crippen LogP) is 2.38. The summed E-state index contributed by atoms with van der Waals surface area (Å²) in [4.78, 5) is 4.21. The Balaban J connectivity index is 2.97. The molecule has 0 aliphatic rings. The Morgan fingerprint density at radius 2 is 2.14 bits per heavy atom. The predicted molar refractivity (Wildman–Crippen MR) is 65.5 cm³/mol. The van der Waals surface area contributed by atoms with E-state index in [4.69, 9.17) is 5.73 Å². The van der Waals surface area contributed by atoms with E-state index in [2.05, 4.69) is 22.9 Å². The van der Waals surface area contributed by atoms with E-state index in [1.54, 1.807) is 6.92 Å². The van der Waals surface area contributed by atoms with Crippen LogP contribution >= 0.6 is 12.6 Å². The molecular weight excluding hydrogens is 194 g/mol. The highest BCUT2D eigenvalue weighted by Crippen LogP contribution is 2.25. The van der Waals surface area contributed by atoms with Crippen LogP contribution in [0.15, 0.2) is 29.3 Å². The average molecular weight is 209 g/mol. The summed E-state index contributed by atoms with van der Waals surface area (Å²) in [6, 6.07) is 7.74. The number of anilines is 1. The van der Waals surface area contributed by atoms with Crippen molar-refractivity contribution in [1.29, 1.82) is 0 Å². The second-order valence-electron chi connectivity index (χ2n) is 3.09. The van der Waals surface area contributed by atoms with E-state index < -0.39 is 0 Å². The Hall–Kier alpha value is -1.16. The molecule has 0 heterocycles. The number of thiol groups is 1. The molecule has 3 nitrogen and oxygen atoms in total. The van der Waals surface area contributed by atoms with E-state index in [0.717, 1.165) is 11.4 Å². The second-order valence-corrected chi connectivity index (χ2v) is 3.87. The Labute approximate surface area is 89.8 Å². The fraction of sp³-hybridized carbons (Fsp3) is 0.300. The van der Waals surface area contributed by atoms with Gasteiger partial charge in [0.15, 0.2) is 0 Å². The lowest BCUT2D eigenvalue weighted by Gasteiger charge is -2.11. The number of benzene rings is 1. The van der Waals surface area contributed by atoms with E-state index in [1.165, 1.54) is 0 Å². The third-order valence-electron chi connectivity index (χ3n) is 1.57. The summed E-state index contributed by atoms with van der Waals surface area (Å²) >= 11 is 4.26. The van der Waals surface area contributed by atoms with Crippen LogP contribution in [0.5, 0.6) is 0 Å². The van der Waals surface area contributed by atoms with Gasteiger partial charge in [0.05, 0.1) is 22.6 Å². The molecule has 14 heavy (non-hydrogen) atoms. The summed E-state index contributed by atoms with van der Waals surface area (Å²) in [5, 5.41) is 3.27. The zero-order valence-corrected chi connectivity index (χ0v) is 9.25. The fourth-order valence-electron chi connectivity index (χ4n) is 1.11. The molecule has 4 heteroatoms. The lowest BCUT2D eigenvalue weighted by atomic mass is 10.2. The molecule has 3 N–H and O–H groups in total. The van der Waals surface area contributed by atoms with Crippen molar-refractivity contribution >= 4 is 29.8 Å². The zero-order valence-electron chi connectivity index (χ0n) is 8.36. The summed E-state index contributed by atoms with van der Waals surface area (Å²) in [5.74, 6) is 0.547. The highest BCUT2D eigenvalue weighted by Gasteiger charge is 2.01. The number of nitrogens with two attached hydrogens (primary N) is 1. The first-order valence-corrected chi connectivity index (χ1v) is 4.95. The van der Waals surface area contributed by atoms with Crippen molar-refractivity contribution in [2.75, 3.05) is 5.32 Å². The molecule has 0 aromatic heterocycles. The van der Waals surface area contributed by atoms with E-state index in [0.29, 0.717) is 5.84 Å². The molecule has 1 rings (SSSR count). The van der Waals surface area contributed by atoms with Crippen LogP contribution in [0, 0.1) is 0 Å². The van der Waals surface area contributed by atoms with Gasteiger partial charge in [0, 0.05) is 0 Å². The first kappa shape index (κ1) is 10.9. The Kier molecular flexibility index (Phi) is 3.83. The van der Waals surface area contributed by atoms with Gasteiger partial charge in [-0.15, -0.1) is 0 Å². The Bertz CT molecular complexity index is 330. The number of nitrogens with one attached hydrogen (secondary N) is 1. The SMILES string of the molecule is C/C(N)=N\c1ccccc1NC(C)S. The fourth-order valence-corrected chi connectivity index (χ4v) is 1.25. The summed E-state index contributed by atoms with van der Waals surface area (Å²) in [5.41, 5.74) is 7.31. The Morgan fingerprint density at radius 1 is 1.50 bits per heavy atom. The molecule has 0 aliphatic carbocycles. The largest absolute Gasteiger partial charge is 0.387 e. The standard InChI is InChI=1S/C10H15N3S/c1-7(11)12-9-5-3-4-6-10(9)13-8(2)14/h3-6,8,13-14H,1-2H3,(H2,11,12). The van der Waals surface area contributed by atoms with Crippen molar-refractivity contribution in [3.63, 3.8) is 0 Å². The van der Waals surface area contributed by atoms with Gasteiger partial charge in [0.1, 0.15) is 0 Å². The van der Waals surface area contributed by atoms with Crippen molar-refractivity contribution in [2.24, 2.45) is 10.7 Å². The third-order valence-corrected chi connectivity index (χ3v) is 1.69. The Morgan fingerprint density at radius 3 is 2.71 bits per heavy atom. The van der Waals surface area contributed by atoms with Gasteiger partial charge in [0.25, 0.3) is 0 Å². The number of rotatable bonds is 3. The summed E-state index contributed by atoms with van der Waals surface area (Å²) in [6.45, 7) is 3.72. The lowest BCUT2D eigenvalue weighted by Crippen LogP contribution is -2.08. The minimum Gasteiger partial charge on any atom is -0.387 e. The van der Waals surface area contributed by atoms with E-state index in [1.807, 2.05) is 31.2 Å². The molecule has 0 saturated carbocycles. The lowest BCUT2D eigenvalue weighted by molar-refractivity contribution is 1.13. The zero-order chi connectivity index (χ0) is 10.6. The molecule has 1 unspecified atom stereocenters. The summed E-state index contributed by atoms with van der Waals surface area (Å²) < 4.78 is 0. The third kappa shape index (κ3) is 3.30. The van der Waals surface area contributed by atoms with Crippen LogP contribution in [-0.2, 0) is 0 Å². The maximum absolute atomic E-state index is 5.53. The number of hydrogen-bond donors (Lipinski definition) is 3. The van der Waals surface area contributed by atoms with Crippen molar-refractivity contribution in [1.82, 2.24) is 0 Å². The number of hydrogen-bond acceptors (Lipinski definition) is 3. The van der Waals surface area contributed by atoms with Gasteiger partial charge in [-0.3, -0.25) is 0 Å². The molecule has 1 aromatic rings. The minimum absolute atomic E-state index is 0.0874. The van der Waals surface area contributed by atoms with Gasteiger partial charge in [-0.2, -0.15) is 12.6 Å². The molecule has 0 bridgehead atoms. The number of para-hydroxylation sites is 2. The number of amidine groups is 1. The highest BCUT2D eigenvalue weighted by molar-refractivity contribution is 7.81. The van der Waals surface area contributed by atoms with Crippen LogP contribution in [0.4, 0.5) is 11.4 Å². The van der Waals surface area contributed by atoms with Gasteiger partial charge in [-0.1, -0.05) is 12.1 Å². The van der Waals surface area contributed by atoms with Gasteiger partial charge in [0.2, 0.25) is 0 Å². The number of aliphatic imine (C=N–C) groups is 1. The van der Waals surface area contributed by atoms with Crippen LogP contribution < -0.4 is 11.1 Å². The maximum atomic E-state index is 5.53. The molecule has 0 aliphatic heterocycles. The van der Waals surface area contributed by atoms with Crippen LogP contribution in [0.3, 0.4) is 0 Å². The van der Waals surface area contributed by atoms with Crippen LogP contribution in [0.1, 0.15) is 13.8 Å². The molecule has 0 spiro atoms. The average Bonchev–Trinajstić information content (AvgIpc) is 2.06. The first-order valence-electron chi connectivity index (χ1n) is 4.44. The molecule has 0 radical (unpaired) electrons. The minimum atomic E-state index is 0.0874. The van der Waals surface area contributed by atoms with Crippen LogP contribution in [-0.4, -0.2) is 11.2 Å². The summed E-state index contributed by atoms with van der Waals surface area (Å²) in [6.07, 6.45) is 0. The normalized spacial score (nSPS) is 13.8. The molecule has 0 amide bonds. The smallest absolute Gasteiger partial charge is 0.0965 e. The molecule has 0 fully saturated rings. The molecule has 1 atom stereocenters. The molecule has 1 aromatic carbocycles. The first-order chi connectivity index (χ1) is 6.59. The van der Waals surface area contributed by atoms with Crippen molar-refractivity contribution in [2.45, 2.75) is 19.2 Å². The topological polar surface area (TPSA) is 50.4 Å². The molecular formula is C10H15N3S. The maximum Gasteiger partial charge on any atom is 0.0965 e. The second kappa shape index (κ2) is 4.91. The molecule has 76 valence electrons. The van der Waals surface area contributed by atoms with Gasteiger partial charge < -0.3 is 11.1 Å². The van der Waals surface area contributed by atoms with Crippen molar-refractivity contribution in [3.8, 4) is 0 Å². The van der Waals surface area contributed by atoms with E-state index in [9.17, 15) is 0 Å².